The highest BCUT2D eigenvalue weighted by Crippen LogP contribution is 2.37. The number of hydrogen-bond acceptors (Lipinski definition) is 5. The summed E-state index contributed by atoms with van der Waals surface area (Å²) in [5.41, 5.74) is 2.40. The Hall–Kier alpha value is -2.29. The summed E-state index contributed by atoms with van der Waals surface area (Å²) in [6, 6.07) is 3.17. The van der Waals surface area contributed by atoms with Crippen molar-refractivity contribution in [2.75, 3.05) is 18.5 Å². The number of nitrogens with one attached hydrogen (secondary N) is 2. The van der Waals surface area contributed by atoms with E-state index in [1.807, 2.05) is 0 Å². The van der Waals surface area contributed by atoms with Gasteiger partial charge in [0.25, 0.3) is 0 Å². The van der Waals surface area contributed by atoms with Gasteiger partial charge in [-0.05, 0) is 68.9 Å². The normalized spacial score (nSPS) is 26.5. The molecular formula is C25H35F2N3O4. The van der Waals surface area contributed by atoms with E-state index in [1.165, 1.54) is 5.56 Å². The molecule has 7 nitrogen and oxygen atoms in total. The standard InChI is InChI=1S/C25H35F2N3O4/c26-25(27)10-1-3-18(15-25)23(31)30-21(24(32)33)9-12-34-20-13-16(14-20)5-7-19-8-6-17-4-2-11-28-22(17)29-19/h6,8,16,18,20-21H,1-5,7,9-15H2,(H,28,29)(H,30,31)(H,32,33)/t16-,18?,20-,21-/m0/s1. The number of nitrogens with zero attached hydrogens (tertiary/aromatic N) is 1. The van der Waals surface area contributed by atoms with Crippen LogP contribution in [0.15, 0.2) is 12.1 Å². The van der Waals surface area contributed by atoms with Crippen LogP contribution in [0.2, 0.25) is 0 Å². The van der Waals surface area contributed by atoms with Gasteiger partial charge in [0.05, 0.1) is 6.10 Å². The van der Waals surface area contributed by atoms with Gasteiger partial charge in [-0.1, -0.05) is 6.07 Å². The zero-order valence-corrected chi connectivity index (χ0v) is 19.5. The minimum absolute atomic E-state index is 0.102. The molecule has 0 bridgehead atoms. The molecule has 2 saturated carbocycles. The highest BCUT2D eigenvalue weighted by molar-refractivity contribution is 5.85. The number of ether oxygens (including phenoxy) is 1. The van der Waals surface area contributed by atoms with Crippen LogP contribution in [-0.4, -0.2) is 53.2 Å². The summed E-state index contributed by atoms with van der Waals surface area (Å²) in [6.45, 7) is 1.20. The van der Waals surface area contributed by atoms with Crippen molar-refractivity contribution in [1.82, 2.24) is 10.3 Å². The number of aryl methyl sites for hydroxylation is 2. The maximum absolute atomic E-state index is 13.6. The van der Waals surface area contributed by atoms with Crippen molar-refractivity contribution in [2.45, 2.75) is 88.7 Å². The van der Waals surface area contributed by atoms with E-state index < -0.39 is 36.2 Å². The summed E-state index contributed by atoms with van der Waals surface area (Å²) in [4.78, 5) is 28.6. The van der Waals surface area contributed by atoms with E-state index in [0.29, 0.717) is 12.3 Å². The van der Waals surface area contributed by atoms with Crippen LogP contribution in [0.3, 0.4) is 0 Å². The minimum Gasteiger partial charge on any atom is -0.480 e. The fourth-order valence-corrected chi connectivity index (χ4v) is 5.20. The number of rotatable bonds is 10. The first-order chi connectivity index (χ1) is 16.3. The number of alkyl halides is 2. The van der Waals surface area contributed by atoms with Gasteiger partial charge in [-0.3, -0.25) is 4.79 Å². The number of anilines is 1. The van der Waals surface area contributed by atoms with Gasteiger partial charge in [-0.25, -0.2) is 18.6 Å². The number of amides is 1. The third-order valence-electron chi connectivity index (χ3n) is 7.34. The average Bonchev–Trinajstić information content (AvgIpc) is 2.78. The third kappa shape index (κ3) is 6.64. The van der Waals surface area contributed by atoms with Crippen molar-refractivity contribution < 1.29 is 28.2 Å². The number of aliphatic carboxylic acids is 1. The second-order valence-electron chi connectivity index (χ2n) is 10.0. The van der Waals surface area contributed by atoms with E-state index in [0.717, 1.165) is 56.6 Å². The number of carbonyl (C=O) groups excluding carboxylic acids is 1. The molecule has 1 aromatic rings. The lowest BCUT2D eigenvalue weighted by atomic mass is 9.79. The lowest BCUT2D eigenvalue weighted by Gasteiger charge is -2.35. The molecule has 2 atom stereocenters. The van der Waals surface area contributed by atoms with E-state index in [4.69, 9.17) is 9.72 Å². The van der Waals surface area contributed by atoms with Gasteiger partial charge in [0.15, 0.2) is 0 Å². The Morgan fingerprint density at radius 1 is 1.29 bits per heavy atom. The molecule has 34 heavy (non-hydrogen) atoms. The van der Waals surface area contributed by atoms with Crippen molar-refractivity contribution >= 4 is 17.7 Å². The molecular weight excluding hydrogens is 444 g/mol. The zero-order valence-electron chi connectivity index (χ0n) is 19.5. The number of carbonyl (C=O) groups is 2. The van der Waals surface area contributed by atoms with E-state index in [2.05, 4.69) is 22.8 Å². The molecule has 2 heterocycles. The van der Waals surface area contributed by atoms with Crippen molar-refractivity contribution in [3.63, 3.8) is 0 Å². The van der Waals surface area contributed by atoms with Crippen LogP contribution in [0.5, 0.6) is 0 Å². The van der Waals surface area contributed by atoms with Gasteiger partial charge in [0.1, 0.15) is 11.9 Å². The predicted molar refractivity (Wildman–Crippen MR) is 123 cm³/mol. The summed E-state index contributed by atoms with van der Waals surface area (Å²) >= 11 is 0. The predicted octanol–water partition coefficient (Wildman–Crippen LogP) is 3.95. The molecule has 0 aromatic carbocycles. The molecule has 188 valence electrons. The number of aromatic nitrogens is 1. The Balaban J connectivity index is 1.13. The number of fused-ring (bicyclic) bond motifs is 1. The Bertz CT molecular complexity index is 876. The maximum Gasteiger partial charge on any atom is 0.326 e. The van der Waals surface area contributed by atoms with Gasteiger partial charge in [0.2, 0.25) is 11.8 Å². The number of hydrogen-bond donors (Lipinski definition) is 3. The molecule has 0 radical (unpaired) electrons. The lowest BCUT2D eigenvalue weighted by molar-refractivity contribution is -0.145. The maximum atomic E-state index is 13.6. The van der Waals surface area contributed by atoms with Crippen LogP contribution in [-0.2, 0) is 27.2 Å². The Morgan fingerprint density at radius 2 is 2.12 bits per heavy atom. The molecule has 4 rings (SSSR count). The van der Waals surface area contributed by atoms with Gasteiger partial charge >= 0.3 is 5.97 Å². The average molecular weight is 480 g/mol. The van der Waals surface area contributed by atoms with E-state index in [9.17, 15) is 23.5 Å². The van der Waals surface area contributed by atoms with Crippen LogP contribution in [0.25, 0.3) is 0 Å². The summed E-state index contributed by atoms with van der Waals surface area (Å²) in [7, 11) is 0. The third-order valence-corrected chi connectivity index (χ3v) is 7.34. The molecule has 9 heteroatoms. The smallest absolute Gasteiger partial charge is 0.326 e. The second kappa shape index (κ2) is 11.0. The number of halogens is 2. The summed E-state index contributed by atoms with van der Waals surface area (Å²) in [6.07, 6.45) is 6.22. The molecule has 1 aliphatic heterocycles. The fraction of sp³-hybridized carbons (Fsp3) is 0.720. The molecule has 1 amide bonds. The minimum atomic E-state index is -2.85. The molecule has 0 spiro atoms. The first kappa shape index (κ1) is 24.8. The molecule has 2 aliphatic carbocycles. The largest absolute Gasteiger partial charge is 0.480 e. The Morgan fingerprint density at radius 3 is 2.88 bits per heavy atom. The van der Waals surface area contributed by atoms with Crippen LogP contribution in [0.1, 0.15) is 69.0 Å². The highest BCUT2D eigenvalue weighted by atomic mass is 19.3. The first-order valence-electron chi connectivity index (χ1n) is 12.5. The Kier molecular flexibility index (Phi) is 8.01. The van der Waals surface area contributed by atoms with Crippen molar-refractivity contribution in [2.24, 2.45) is 11.8 Å². The zero-order chi connectivity index (χ0) is 24.1. The number of carboxylic acids is 1. The van der Waals surface area contributed by atoms with Gasteiger partial charge in [-0.15, -0.1) is 0 Å². The molecule has 3 aliphatic rings. The Labute approximate surface area is 199 Å². The van der Waals surface area contributed by atoms with Crippen molar-refractivity contribution in [3.05, 3.63) is 23.4 Å². The van der Waals surface area contributed by atoms with Crippen LogP contribution in [0, 0.1) is 11.8 Å². The van der Waals surface area contributed by atoms with Gasteiger partial charge < -0.3 is 20.5 Å². The molecule has 2 fully saturated rings. The summed E-state index contributed by atoms with van der Waals surface area (Å²) < 4.78 is 33.0. The summed E-state index contributed by atoms with van der Waals surface area (Å²) in [5, 5.41) is 15.2. The molecule has 1 unspecified atom stereocenters. The van der Waals surface area contributed by atoms with Crippen LogP contribution < -0.4 is 10.6 Å². The van der Waals surface area contributed by atoms with Crippen molar-refractivity contribution in [3.8, 4) is 0 Å². The monoisotopic (exact) mass is 479 g/mol. The van der Waals surface area contributed by atoms with E-state index >= 15 is 0 Å². The van der Waals surface area contributed by atoms with E-state index in [-0.39, 0.29) is 32.0 Å². The van der Waals surface area contributed by atoms with Crippen molar-refractivity contribution in [1.29, 1.82) is 0 Å². The molecule has 0 saturated heterocycles. The quantitative estimate of drug-likeness (QED) is 0.470. The topological polar surface area (TPSA) is 101 Å². The number of pyridine rings is 1. The lowest BCUT2D eigenvalue weighted by Crippen LogP contribution is -2.46. The van der Waals surface area contributed by atoms with Gasteiger partial charge in [-0.2, -0.15) is 0 Å². The van der Waals surface area contributed by atoms with Gasteiger partial charge in [0, 0.05) is 44.0 Å². The first-order valence-corrected chi connectivity index (χ1v) is 12.5. The van der Waals surface area contributed by atoms with Crippen LogP contribution >= 0.6 is 0 Å². The highest BCUT2D eigenvalue weighted by Gasteiger charge is 2.40. The van der Waals surface area contributed by atoms with E-state index in [1.54, 1.807) is 0 Å². The second-order valence-corrected chi connectivity index (χ2v) is 10.0. The molecule has 3 N–H and O–H groups in total. The fourth-order valence-electron chi connectivity index (χ4n) is 5.20. The molecule has 1 aromatic heterocycles. The SMILES string of the molecule is O=C(N[C@@H](CCO[C@H]1C[C@H](CCc2ccc3c(n2)NCCC3)C1)C(=O)O)C1CCCC(F)(F)C1. The summed E-state index contributed by atoms with van der Waals surface area (Å²) in [5.74, 6) is -3.86. The van der Waals surface area contributed by atoms with Crippen LogP contribution in [0.4, 0.5) is 14.6 Å². The number of carboxylic acid groups (broad SMARTS) is 1.